The van der Waals surface area contributed by atoms with Crippen LogP contribution >= 0.6 is 0 Å². The number of hydrogen-bond donors (Lipinski definition) is 1. The van der Waals surface area contributed by atoms with Crippen LogP contribution < -0.4 is 0 Å². The molecule has 0 saturated carbocycles. The van der Waals surface area contributed by atoms with E-state index in [1.807, 2.05) is 0 Å². The summed E-state index contributed by atoms with van der Waals surface area (Å²) in [6.07, 6.45) is -24.0. The van der Waals surface area contributed by atoms with Gasteiger partial charge in [-0.1, -0.05) is 0 Å². The van der Waals surface area contributed by atoms with E-state index in [0.717, 1.165) is 13.8 Å². The van der Waals surface area contributed by atoms with Crippen LogP contribution in [-0.4, -0.2) is 48.0 Å². The first-order valence-electron chi connectivity index (χ1n) is 5.73. The Morgan fingerprint density at radius 2 is 1.35 bits per heavy atom. The smallest absolute Gasteiger partial charge is 0.396 e. The topological polar surface area (TPSA) is 38.7 Å². The van der Waals surface area contributed by atoms with Crippen LogP contribution in [0.4, 0.5) is 43.9 Å². The summed E-state index contributed by atoms with van der Waals surface area (Å²) in [7, 11) is 0. The minimum absolute atomic E-state index is 0.551. The molecule has 0 aliphatic rings. The van der Waals surface area contributed by atoms with Crippen molar-refractivity contribution in [2.75, 3.05) is 6.61 Å². The lowest BCUT2D eigenvalue weighted by atomic mass is 10.1. The number of aliphatic hydroxyl groups excluding tert-OH is 1. The monoisotopic (exact) mass is 370 g/mol. The summed E-state index contributed by atoms with van der Waals surface area (Å²) >= 11 is 0. The van der Waals surface area contributed by atoms with Gasteiger partial charge in [-0.05, 0) is 20.3 Å². The highest BCUT2D eigenvalue weighted by Gasteiger charge is 2.76. The predicted molar refractivity (Wildman–Crippen MR) is 53.7 cm³/mol. The van der Waals surface area contributed by atoms with Crippen molar-refractivity contribution in [3.63, 3.8) is 0 Å². The van der Waals surface area contributed by atoms with Gasteiger partial charge in [0.05, 0.1) is 5.60 Å². The standard InChI is InChI=1S/C10H12F10O3/c1-6(2,3-4-21)23-7(12,13)5(11)22-10(19,20)8(14,15)9(16,17)18/h5,21H,3-4H2,1-2H3. The van der Waals surface area contributed by atoms with E-state index < -0.39 is 49.3 Å². The van der Waals surface area contributed by atoms with Crippen molar-refractivity contribution in [2.24, 2.45) is 0 Å². The predicted octanol–water partition coefficient (Wildman–Crippen LogP) is 3.86. The lowest BCUT2D eigenvalue weighted by Crippen LogP contribution is -2.56. The zero-order valence-corrected chi connectivity index (χ0v) is 11.5. The number of aliphatic hydroxyl groups is 1. The van der Waals surface area contributed by atoms with E-state index in [4.69, 9.17) is 5.11 Å². The molecule has 0 rings (SSSR count). The Morgan fingerprint density at radius 3 is 1.70 bits per heavy atom. The van der Waals surface area contributed by atoms with Crippen LogP contribution in [0, 0.1) is 0 Å². The Kier molecular flexibility index (Phi) is 6.35. The second kappa shape index (κ2) is 6.59. The molecule has 0 aliphatic heterocycles. The molecule has 1 N–H and O–H groups in total. The number of alkyl halides is 10. The van der Waals surface area contributed by atoms with Gasteiger partial charge in [-0.25, -0.2) is 4.39 Å². The van der Waals surface area contributed by atoms with Crippen molar-refractivity contribution in [1.82, 2.24) is 0 Å². The fourth-order valence-electron chi connectivity index (χ4n) is 1.17. The number of ether oxygens (including phenoxy) is 2. The number of halogens is 10. The molecule has 13 heteroatoms. The zero-order chi connectivity index (χ0) is 18.9. The number of rotatable bonds is 8. The van der Waals surface area contributed by atoms with Gasteiger partial charge < -0.3 is 9.84 Å². The van der Waals surface area contributed by atoms with Crippen LogP contribution in [0.5, 0.6) is 0 Å². The quantitative estimate of drug-likeness (QED) is 0.660. The van der Waals surface area contributed by atoms with Crippen molar-refractivity contribution in [1.29, 1.82) is 0 Å². The average molecular weight is 370 g/mol. The summed E-state index contributed by atoms with van der Waals surface area (Å²) in [5, 5.41) is 8.53. The molecule has 0 heterocycles. The molecule has 0 aromatic heterocycles. The zero-order valence-electron chi connectivity index (χ0n) is 11.5. The third kappa shape index (κ3) is 5.35. The Morgan fingerprint density at radius 1 is 0.913 bits per heavy atom. The fourth-order valence-corrected chi connectivity index (χ4v) is 1.17. The summed E-state index contributed by atoms with van der Waals surface area (Å²) in [5.41, 5.74) is -2.02. The number of hydrogen-bond acceptors (Lipinski definition) is 3. The van der Waals surface area contributed by atoms with Gasteiger partial charge in [-0.15, -0.1) is 0 Å². The highest BCUT2D eigenvalue weighted by molar-refractivity contribution is 4.86. The van der Waals surface area contributed by atoms with Gasteiger partial charge in [0.1, 0.15) is 0 Å². The van der Waals surface area contributed by atoms with Crippen LogP contribution in [0.25, 0.3) is 0 Å². The third-order valence-electron chi connectivity index (χ3n) is 2.36. The first kappa shape index (κ1) is 22.2. The maximum absolute atomic E-state index is 13.2. The fraction of sp³-hybridized carbons (Fsp3) is 1.00. The molecular formula is C10H12F10O3. The average Bonchev–Trinajstić information content (AvgIpc) is 2.24. The van der Waals surface area contributed by atoms with E-state index in [-0.39, 0.29) is 0 Å². The Bertz CT molecular complexity index is 393. The first-order valence-corrected chi connectivity index (χ1v) is 5.73. The SMILES string of the molecule is CC(C)(CCO)OC(F)(F)C(F)OC(F)(F)C(F)(F)C(F)(F)F. The van der Waals surface area contributed by atoms with Gasteiger partial charge >= 0.3 is 24.3 Å². The maximum atomic E-state index is 13.2. The van der Waals surface area contributed by atoms with Gasteiger partial charge in [0.2, 0.25) is 0 Å². The van der Waals surface area contributed by atoms with E-state index in [2.05, 4.69) is 9.47 Å². The molecule has 1 unspecified atom stereocenters. The Labute approximate surface area is 123 Å². The lowest BCUT2D eigenvalue weighted by molar-refractivity contribution is -0.470. The third-order valence-corrected chi connectivity index (χ3v) is 2.36. The summed E-state index contributed by atoms with van der Waals surface area (Å²) in [6.45, 7) is 0.960. The molecule has 0 aliphatic carbocycles. The van der Waals surface area contributed by atoms with Crippen molar-refractivity contribution in [2.45, 2.75) is 56.5 Å². The molecule has 0 saturated heterocycles. The van der Waals surface area contributed by atoms with Gasteiger partial charge in [0.25, 0.3) is 6.36 Å². The van der Waals surface area contributed by atoms with Gasteiger partial charge in [0, 0.05) is 6.61 Å². The molecule has 0 aromatic rings. The van der Waals surface area contributed by atoms with Crippen LogP contribution in [-0.2, 0) is 9.47 Å². The molecule has 0 bridgehead atoms. The lowest BCUT2D eigenvalue weighted by Gasteiger charge is -2.34. The minimum Gasteiger partial charge on any atom is -0.396 e. The normalized spacial score (nSPS) is 16.6. The van der Waals surface area contributed by atoms with Gasteiger partial charge in [-0.2, -0.15) is 39.5 Å². The highest BCUT2D eigenvalue weighted by Crippen LogP contribution is 2.48. The van der Waals surface area contributed by atoms with Crippen LogP contribution in [0.15, 0.2) is 0 Å². The molecule has 0 aromatic carbocycles. The van der Waals surface area contributed by atoms with Crippen molar-refractivity contribution in [3.05, 3.63) is 0 Å². The van der Waals surface area contributed by atoms with Crippen LogP contribution in [0.2, 0.25) is 0 Å². The largest absolute Gasteiger partial charge is 0.462 e. The minimum atomic E-state index is -6.92. The summed E-state index contributed by atoms with van der Waals surface area (Å²) in [6, 6.07) is 0. The van der Waals surface area contributed by atoms with E-state index in [9.17, 15) is 43.9 Å². The molecule has 0 spiro atoms. The Balaban J connectivity index is 5.21. The van der Waals surface area contributed by atoms with Gasteiger partial charge in [0.15, 0.2) is 0 Å². The van der Waals surface area contributed by atoms with Crippen LogP contribution in [0.3, 0.4) is 0 Å². The van der Waals surface area contributed by atoms with Crippen LogP contribution in [0.1, 0.15) is 20.3 Å². The molecule has 0 amide bonds. The summed E-state index contributed by atoms with van der Waals surface area (Å²) < 4.78 is 131. The van der Waals surface area contributed by atoms with Crippen molar-refractivity contribution in [3.8, 4) is 0 Å². The Hall–Kier alpha value is -0.820. The summed E-state index contributed by atoms with van der Waals surface area (Å²) in [4.78, 5) is 0. The molecule has 140 valence electrons. The molecular weight excluding hydrogens is 358 g/mol. The molecule has 23 heavy (non-hydrogen) atoms. The maximum Gasteiger partial charge on any atom is 0.462 e. The second-order valence-electron chi connectivity index (χ2n) is 4.92. The van der Waals surface area contributed by atoms with E-state index in [1.165, 1.54) is 0 Å². The molecule has 0 fully saturated rings. The van der Waals surface area contributed by atoms with Crippen molar-refractivity contribution >= 4 is 0 Å². The second-order valence-corrected chi connectivity index (χ2v) is 4.92. The molecule has 3 nitrogen and oxygen atoms in total. The van der Waals surface area contributed by atoms with Gasteiger partial charge in [-0.3, -0.25) is 4.74 Å². The first-order chi connectivity index (χ1) is 9.90. The molecule has 1 atom stereocenters. The summed E-state index contributed by atoms with van der Waals surface area (Å²) in [5.74, 6) is -6.92. The van der Waals surface area contributed by atoms with E-state index in [0.29, 0.717) is 0 Å². The molecule has 0 radical (unpaired) electrons. The van der Waals surface area contributed by atoms with E-state index >= 15 is 0 Å². The van der Waals surface area contributed by atoms with Crippen molar-refractivity contribution < 1.29 is 58.5 Å². The van der Waals surface area contributed by atoms with E-state index in [1.54, 1.807) is 0 Å². The highest BCUT2D eigenvalue weighted by atomic mass is 19.4.